The van der Waals surface area contributed by atoms with Crippen molar-refractivity contribution in [1.29, 1.82) is 0 Å². The molecule has 1 aliphatic rings. The molecule has 3 N–H and O–H groups in total. The van der Waals surface area contributed by atoms with E-state index in [0.29, 0.717) is 10.1 Å². The minimum atomic E-state index is -4.73. The van der Waals surface area contributed by atoms with Crippen molar-refractivity contribution < 1.29 is 36.7 Å². The predicted octanol–water partition coefficient (Wildman–Crippen LogP) is 4.47. The smallest absolute Gasteiger partial charge is 0.428 e. The molecule has 0 aliphatic carbocycles. The average molecular weight is 658 g/mol. The van der Waals surface area contributed by atoms with Crippen molar-refractivity contribution >= 4 is 34.5 Å². The maximum Gasteiger partial charge on any atom is 0.461 e. The van der Waals surface area contributed by atoms with Gasteiger partial charge in [-0.05, 0) is 34.9 Å². The number of hydroxylamine groups is 1. The zero-order valence-corrected chi connectivity index (χ0v) is 22.3. The molecule has 2 atom stereocenters. The van der Waals surface area contributed by atoms with Crippen molar-refractivity contribution in [2.45, 2.75) is 35.0 Å². The Kier molecular flexibility index (Phi) is 8.90. The van der Waals surface area contributed by atoms with E-state index in [1.165, 1.54) is 12.1 Å². The van der Waals surface area contributed by atoms with Gasteiger partial charge in [-0.1, -0.05) is 71.1 Å². The molecule has 3 aromatic rings. The van der Waals surface area contributed by atoms with Gasteiger partial charge in [-0.25, -0.2) is 10.3 Å². The molecule has 2 aromatic carbocycles. The van der Waals surface area contributed by atoms with E-state index in [1.807, 2.05) is 0 Å². The second-order valence-electron chi connectivity index (χ2n) is 8.67. The van der Waals surface area contributed by atoms with Gasteiger partial charge in [-0.2, -0.15) is 17.6 Å². The highest BCUT2D eigenvalue weighted by Gasteiger charge is 2.45. The van der Waals surface area contributed by atoms with Gasteiger partial charge in [-0.15, -0.1) is 0 Å². The summed E-state index contributed by atoms with van der Waals surface area (Å²) in [6, 6.07) is 15.9. The van der Waals surface area contributed by atoms with E-state index in [0.717, 1.165) is 23.3 Å². The number of pyridine rings is 1. The number of alkyl halides is 5. The lowest BCUT2D eigenvalue weighted by atomic mass is 9.80. The second-order valence-corrected chi connectivity index (χ2v) is 9.44. The lowest BCUT2D eigenvalue weighted by Gasteiger charge is -2.36. The fourth-order valence-electron chi connectivity index (χ4n) is 4.04. The van der Waals surface area contributed by atoms with Crippen molar-refractivity contribution in [3.8, 4) is 5.75 Å². The molecule has 0 spiro atoms. The highest BCUT2D eigenvalue weighted by molar-refractivity contribution is 14.1. The molecule has 0 bridgehead atoms. The first-order chi connectivity index (χ1) is 18.6. The Morgan fingerprint density at radius 2 is 1.90 bits per heavy atom. The van der Waals surface area contributed by atoms with Crippen LogP contribution in [0.5, 0.6) is 5.75 Å². The molecular formula is C26H23F4IN4O4. The Labute approximate surface area is 234 Å². The summed E-state index contributed by atoms with van der Waals surface area (Å²) in [5.41, 5.74) is 2.83. The largest absolute Gasteiger partial charge is 0.461 e. The van der Waals surface area contributed by atoms with E-state index in [-0.39, 0.29) is 18.6 Å². The Hall–Kier alpha value is -3.46. The number of carbonyl (C=O) groups excluding carboxylic acids is 2. The molecule has 4 rings (SSSR count). The van der Waals surface area contributed by atoms with Crippen molar-refractivity contribution in [2.75, 3.05) is 6.61 Å². The maximum atomic E-state index is 13.8. The lowest BCUT2D eigenvalue weighted by Crippen LogP contribution is -2.55. The van der Waals surface area contributed by atoms with Crippen LogP contribution in [0.4, 0.5) is 22.4 Å². The molecule has 0 unspecified atom stereocenters. The van der Waals surface area contributed by atoms with Crippen LogP contribution in [0.25, 0.3) is 0 Å². The van der Waals surface area contributed by atoms with Crippen molar-refractivity contribution in [2.24, 2.45) is 0 Å². The fourth-order valence-corrected chi connectivity index (χ4v) is 4.50. The number of hydrogen-bond acceptors (Lipinski definition) is 5. The van der Waals surface area contributed by atoms with Crippen LogP contribution in [-0.2, 0) is 26.0 Å². The van der Waals surface area contributed by atoms with E-state index >= 15 is 0 Å². The molecule has 206 valence electrons. The summed E-state index contributed by atoms with van der Waals surface area (Å²) in [4.78, 5) is 34.7. The number of ether oxygens (including phenoxy) is 1. The Bertz CT molecular complexity index is 1300. The third-order valence-electron chi connectivity index (χ3n) is 5.93. The predicted molar refractivity (Wildman–Crippen MR) is 140 cm³/mol. The highest BCUT2D eigenvalue weighted by Crippen LogP contribution is 2.36. The molecule has 1 fully saturated rings. The molecule has 39 heavy (non-hydrogen) atoms. The van der Waals surface area contributed by atoms with Crippen LogP contribution in [0.3, 0.4) is 0 Å². The third-order valence-corrected chi connectivity index (χ3v) is 6.82. The van der Waals surface area contributed by atoms with Crippen LogP contribution >= 0.6 is 22.6 Å². The number of nitrogens with zero attached hydrogens (tertiary/aromatic N) is 1. The van der Waals surface area contributed by atoms with Gasteiger partial charge < -0.3 is 15.4 Å². The van der Waals surface area contributed by atoms with Crippen LogP contribution in [-0.4, -0.2) is 42.1 Å². The summed E-state index contributed by atoms with van der Waals surface area (Å²) in [7, 11) is 0. The molecule has 1 aliphatic heterocycles. The van der Waals surface area contributed by atoms with E-state index in [1.54, 1.807) is 48.7 Å². The van der Waals surface area contributed by atoms with Gasteiger partial charge in [-0.3, -0.25) is 14.6 Å². The fraction of sp³-hybridized carbons (Fsp3) is 0.269. The first-order valence-electron chi connectivity index (χ1n) is 11.6. The van der Waals surface area contributed by atoms with Gasteiger partial charge in [0.15, 0.2) is 0 Å². The molecule has 2 heterocycles. The summed E-state index contributed by atoms with van der Waals surface area (Å²) < 4.78 is 58.3. The van der Waals surface area contributed by atoms with Crippen molar-refractivity contribution in [1.82, 2.24) is 21.1 Å². The molecule has 13 heteroatoms. The summed E-state index contributed by atoms with van der Waals surface area (Å²) in [6.07, 6.45) is -7.09. The molecule has 1 aromatic heterocycles. The topological polar surface area (TPSA) is 102 Å². The Balaban J connectivity index is 1.83. The average Bonchev–Trinajstić information content (AvgIpc) is 3.32. The first-order valence-corrected chi connectivity index (χ1v) is 13.2. The van der Waals surface area contributed by atoms with Crippen molar-refractivity contribution in [3.05, 3.63) is 95.3 Å². The zero-order valence-electron chi connectivity index (χ0n) is 20.2. The number of aromatic nitrogens is 1. The zero-order chi connectivity index (χ0) is 28.0. The van der Waals surface area contributed by atoms with E-state index in [9.17, 15) is 27.2 Å². The maximum absolute atomic E-state index is 13.8. The number of amides is 3. The number of rotatable bonds is 10. The van der Waals surface area contributed by atoms with E-state index in [2.05, 4.69) is 48.4 Å². The third kappa shape index (κ3) is 6.76. The quantitative estimate of drug-likeness (QED) is 0.170. The summed E-state index contributed by atoms with van der Waals surface area (Å²) in [6.45, 7) is -0.105. The van der Waals surface area contributed by atoms with Crippen molar-refractivity contribution in [3.63, 3.8) is 0 Å². The normalized spacial score (nSPS) is 16.9. The molecular weight excluding hydrogens is 635 g/mol. The van der Waals surface area contributed by atoms with Crippen LogP contribution in [0.2, 0.25) is 0 Å². The molecule has 3 amide bonds. The van der Waals surface area contributed by atoms with Gasteiger partial charge in [0.05, 0.1) is 5.69 Å². The number of carbonyl (C=O) groups is 2. The first kappa shape index (κ1) is 28.5. The summed E-state index contributed by atoms with van der Waals surface area (Å²) in [5, 5.41) is 5.40. The number of nitrogens with one attached hydrogen (secondary N) is 3. The molecule has 8 nitrogen and oxygen atoms in total. The minimum Gasteiger partial charge on any atom is -0.428 e. The lowest BCUT2D eigenvalue weighted by molar-refractivity contribution is -0.253. The Morgan fingerprint density at radius 1 is 1.13 bits per heavy atom. The van der Waals surface area contributed by atoms with Gasteiger partial charge in [0, 0.05) is 17.0 Å². The minimum absolute atomic E-state index is 0.0832. The number of urea groups is 1. The van der Waals surface area contributed by atoms with Gasteiger partial charge in [0.25, 0.3) is 5.91 Å². The second kappa shape index (κ2) is 12.2. The van der Waals surface area contributed by atoms with E-state index < -0.39 is 41.8 Å². The molecule has 1 saturated heterocycles. The van der Waals surface area contributed by atoms with Gasteiger partial charge >= 0.3 is 18.6 Å². The SMILES string of the molecule is O=C(N[C@@H]1CONC1=O)N[C@@](Cc1ccccc1)(c1cccc(OC(F)(F)C(F)F)c1)c1ccc(CI)cn1. The highest BCUT2D eigenvalue weighted by atomic mass is 127. The monoisotopic (exact) mass is 658 g/mol. The number of halogens is 5. The Morgan fingerprint density at radius 3 is 2.51 bits per heavy atom. The number of hydrogen-bond donors (Lipinski definition) is 3. The summed E-state index contributed by atoms with van der Waals surface area (Å²) >= 11 is 2.17. The van der Waals surface area contributed by atoms with Gasteiger partial charge in [0.1, 0.15) is 23.9 Å². The van der Waals surface area contributed by atoms with Crippen LogP contribution < -0.4 is 20.9 Å². The van der Waals surface area contributed by atoms with Crippen LogP contribution in [0, 0.1) is 0 Å². The molecule has 0 saturated carbocycles. The molecule has 0 radical (unpaired) electrons. The van der Waals surface area contributed by atoms with Crippen LogP contribution in [0.15, 0.2) is 72.9 Å². The number of benzene rings is 2. The van der Waals surface area contributed by atoms with Gasteiger partial charge in [0.2, 0.25) is 0 Å². The van der Waals surface area contributed by atoms with Crippen LogP contribution in [0.1, 0.15) is 22.4 Å². The van der Waals surface area contributed by atoms with E-state index in [4.69, 9.17) is 4.84 Å². The summed E-state index contributed by atoms with van der Waals surface area (Å²) in [5.74, 6) is -1.09. The standard InChI is InChI=1S/C26H23F4IN4O4/c27-23(28)26(29,30)39-19-8-4-7-18(11-19)25(12-16-5-2-1-3-6-16,21-10-9-17(13-31)14-32-21)34-24(37)33-20-15-38-35-22(20)36/h1-11,14,20,23H,12-13,15H2,(H,35,36)(H2,33,34,37)/t20-,25+/m1/s1.